The van der Waals surface area contributed by atoms with Crippen LogP contribution in [-0.2, 0) is 0 Å². The van der Waals surface area contributed by atoms with Crippen LogP contribution in [0.15, 0.2) is 17.2 Å². The molecule has 0 saturated heterocycles. The number of aliphatic hydroxyl groups is 1. The highest BCUT2D eigenvalue weighted by Crippen LogP contribution is 2.31. The summed E-state index contributed by atoms with van der Waals surface area (Å²) in [6.07, 6.45) is 5.09. The van der Waals surface area contributed by atoms with Crippen LogP contribution in [0.4, 0.5) is 5.82 Å². The average Bonchev–Trinajstić information content (AvgIpc) is 2.31. The van der Waals surface area contributed by atoms with Crippen LogP contribution in [0.1, 0.15) is 32.6 Å². The summed E-state index contributed by atoms with van der Waals surface area (Å²) in [6.45, 7) is 2.67. The highest BCUT2D eigenvalue weighted by molar-refractivity contribution is 5.32. The van der Waals surface area contributed by atoms with E-state index in [-0.39, 0.29) is 5.56 Å². The molecule has 17 heavy (non-hydrogen) atoms. The predicted molar refractivity (Wildman–Crippen MR) is 65.9 cm³/mol. The molecular formula is C12H19N3O2. The lowest BCUT2D eigenvalue weighted by molar-refractivity contribution is 0.00494. The van der Waals surface area contributed by atoms with Crippen molar-refractivity contribution in [3.8, 4) is 0 Å². The molecule has 3 N–H and O–H groups in total. The van der Waals surface area contributed by atoms with Gasteiger partial charge < -0.3 is 15.4 Å². The Balaban J connectivity index is 1.91. The summed E-state index contributed by atoms with van der Waals surface area (Å²) in [6, 6.07) is 1.40. The smallest absolute Gasteiger partial charge is 0.252 e. The molecule has 0 bridgehead atoms. The van der Waals surface area contributed by atoms with E-state index in [2.05, 4.69) is 22.2 Å². The number of nitrogens with one attached hydrogen (secondary N) is 2. The molecule has 1 fully saturated rings. The lowest BCUT2D eigenvalue weighted by Crippen LogP contribution is -2.40. The third-order valence-electron chi connectivity index (χ3n) is 3.48. The first-order valence-corrected chi connectivity index (χ1v) is 6.08. The minimum atomic E-state index is -0.656. The molecule has 1 aliphatic rings. The Bertz CT molecular complexity index is 422. The van der Waals surface area contributed by atoms with Crippen molar-refractivity contribution in [2.75, 3.05) is 11.9 Å². The molecule has 0 atom stereocenters. The Morgan fingerprint density at radius 3 is 2.94 bits per heavy atom. The quantitative estimate of drug-likeness (QED) is 0.736. The summed E-state index contributed by atoms with van der Waals surface area (Å²) in [4.78, 5) is 17.5. The van der Waals surface area contributed by atoms with Gasteiger partial charge in [0.2, 0.25) is 0 Å². The Labute approximate surface area is 100 Å². The van der Waals surface area contributed by atoms with Crippen LogP contribution < -0.4 is 10.9 Å². The predicted octanol–water partition coefficient (Wildman–Crippen LogP) is 1.12. The molecule has 0 aromatic carbocycles. The Morgan fingerprint density at radius 2 is 2.29 bits per heavy atom. The minimum absolute atomic E-state index is 0.188. The molecule has 5 nitrogen and oxygen atoms in total. The summed E-state index contributed by atoms with van der Waals surface area (Å²) in [5.41, 5.74) is -0.844. The Morgan fingerprint density at radius 1 is 1.59 bits per heavy atom. The van der Waals surface area contributed by atoms with E-state index in [1.54, 1.807) is 0 Å². The SMILES string of the molecule is CC1CCC(O)(CNc2cc(=O)[nH]cn2)CC1. The molecule has 0 amide bonds. The number of aromatic nitrogens is 2. The number of rotatable bonds is 3. The van der Waals surface area contributed by atoms with E-state index >= 15 is 0 Å². The van der Waals surface area contributed by atoms with Gasteiger partial charge in [0.25, 0.3) is 5.56 Å². The maximum Gasteiger partial charge on any atom is 0.252 e. The second-order valence-electron chi connectivity index (χ2n) is 5.06. The van der Waals surface area contributed by atoms with Gasteiger partial charge in [0.05, 0.1) is 11.9 Å². The van der Waals surface area contributed by atoms with Gasteiger partial charge >= 0.3 is 0 Å². The van der Waals surface area contributed by atoms with Crippen LogP contribution in [0.3, 0.4) is 0 Å². The molecule has 5 heteroatoms. The normalized spacial score (nSPS) is 28.9. The summed E-state index contributed by atoms with van der Waals surface area (Å²) in [5.74, 6) is 1.22. The standard InChI is InChI=1S/C12H19N3O2/c1-9-2-4-12(17,5-3-9)7-13-10-6-11(16)15-8-14-10/h6,8-9,17H,2-5,7H2,1H3,(H2,13,14,15,16). The molecule has 0 spiro atoms. The first kappa shape index (κ1) is 12.1. The zero-order valence-corrected chi connectivity index (χ0v) is 10.1. The van der Waals surface area contributed by atoms with Gasteiger partial charge in [-0.2, -0.15) is 0 Å². The van der Waals surface area contributed by atoms with Crippen molar-refractivity contribution < 1.29 is 5.11 Å². The molecular weight excluding hydrogens is 218 g/mol. The molecule has 1 saturated carbocycles. The number of hydrogen-bond donors (Lipinski definition) is 3. The van der Waals surface area contributed by atoms with Crippen molar-refractivity contribution in [1.82, 2.24) is 9.97 Å². The molecule has 0 aliphatic heterocycles. The van der Waals surface area contributed by atoms with Gasteiger partial charge in [-0.25, -0.2) is 4.98 Å². The van der Waals surface area contributed by atoms with E-state index in [9.17, 15) is 9.90 Å². The fourth-order valence-corrected chi connectivity index (χ4v) is 2.20. The number of H-pyrrole nitrogens is 1. The third-order valence-corrected chi connectivity index (χ3v) is 3.48. The molecule has 0 unspecified atom stereocenters. The summed E-state index contributed by atoms with van der Waals surface area (Å²) in [5, 5.41) is 13.4. The zero-order chi connectivity index (χ0) is 12.3. The Kier molecular flexibility index (Phi) is 3.47. The van der Waals surface area contributed by atoms with E-state index in [1.807, 2.05) is 0 Å². The number of anilines is 1. The second-order valence-corrected chi connectivity index (χ2v) is 5.06. The van der Waals surface area contributed by atoms with Crippen molar-refractivity contribution in [1.29, 1.82) is 0 Å². The van der Waals surface area contributed by atoms with Crippen LogP contribution in [-0.4, -0.2) is 27.2 Å². The zero-order valence-electron chi connectivity index (χ0n) is 10.1. The molecule has 94 valence electrons. The fraction of sp³-hybridized carbons (Fsp3) is 0.667. The molecule has 1 heterocycles. The van der Waals surface area contributed by atoms with E-state index in [4.69, 9.17) is 0 Å². The van der Waals surface area contributed by atoms with Crippen LogP contribution in [0.25, 0.3) is 0 Å². The Hall–Kier alpha value is -1.36. The van der Waals surface area contributed by atoms with Gasteiger partial charge in [0, 0.05) is 12.6 Å². The van der Waals surface area contributed by atoms with Gasteiger partial charge in [0.15, 0.2) is 0 Å². The van der Waals surface area contributed by atoms with Crippen molar-refractivity contribution in [3.63, 3.8) is 0 Å². The van der Waals surface area contributed by atoms with Gasteiger partial charge in [0.1, 0.15) is 5.82 Å². The monoisotopic (exact) mass is 237 g/mol. The summed E-state index contributed by atoms with van der Waals surface area (Å²) < 4.78 is 0. The van der Waals surface area contributed by atoms with Gasteiger partial charge in [-0.05, 0) is 31.6 Å². The maximum atomic E-state index is 11.1. The second kappa shape index (κ2) is 4.87. The molecule has 1 aliphatic carbocycles. The molecule has 0 radical (unpaired) electrons. The van der Waals surface area contributed by atoms with E-state index in [1.165, 1.54) is 12.4 Å². The van der Waals surface area contributed by atoms with Crippen molar-refractivity contribution in [3.05, 3.63) is 22.7 Å². The van der Waals surface area contributed by atoms with Crippen molar-refractivity contribution in [2.45, 2.75) is 38.2 Å². The topological polar surface area (TPSA) is 78.0 Å². The van der Waals surface area contributed by atoms with E-state index in [0.29, 0.717) is 18.3 Å². The summed E-state index contributed by atoms with van der Waals surface area (Å²) in [7, 11) is 0. The molecule has 2 rings (SSSR count). The van der Waals surface area contributed by atoms with E-state index < -0.39 is 5.60 Å². The first-order valence-electron chi connectivity index (χ1n) is 6.08. The van der Waals surface area contributed by atoms with Gasteiger partial charge in [-0.15, -0.1) is 0 Å². The molecule has 1 aromatic rings. The average molecular weight is 237 g/mol. The van der Waals surface area contributed by atoms with Crippen molar-refractivity contribution in [2.24, 2.45) is 5.92 Å². The van der Waals surface area contributed by atoms with Gasteiger partial charge in [-0.3, -0.25) is 4.79 Å². The number of nitrogens with zero attached hydrogens (tertiary/aromatic N) is 1. The van der Waals surface area contributed by atoms with E-state index in [0.717, 1.165) is 25.7 Å². The van der Waals surface area contributed by atoms with Crippen molar-refractivity contribution >= 4 is 5.82 Å². The highest BCUT2D eigenvalue weighted by Gasteiger charge is 2.31. The van der Waals surface area contributed by atoms with Crippen LogP contribution in [0.2, 0.25) is 0 Å². The summed E-state index contributed by atoms with van der Waals surface area (Å²) >= 11 is 0. The third kappa shape index (κ3) is 3.30. The number of aromatic amines is 1. The lowest BCUT2D eigenvalue weighted by Gasteiger charge is -2.35. The number of hydrogen-bond acceptors (Lipinski definition) is 4. The minimum Gasteiger partial charge on any atom is -0.388 e. The first-order chi connectivity index (χ1) is 8.07. The van der Waals surface area contributed by atoms with Crippen LogP contribution in [0.5, 0.6) is 0 Å². The fourth-order valence-electron chi connectivity index (χ4n) is 2.20. The van der Waals surface area contributed by atoms with Crippen LogP contribution >= 0.6 is 0 Å². The maximum absolute atomic E-state index is 11.1. The molecule has 1 aromatic heterocycles. The highest BCUT2D eigenvalue weighted by atomic mass is 16.3. The van der Waals surface area contributed by atoms with Crippen LogP contribution in [0, 0.1) is 5.92 Å². The largest absolute Gasteiger partial charge is 0.388 e. The van der Waals surface area contributed by atoms with Gasteiger partial charge in [-0.1, -0.05) is 6.92 Å². The lowest BCUT2D eigenvalue weighted by atomic mass is 9.79.